The van der Waals surface area contributed by atoms with Crippen LogP contribution in [0.3, 0.4) is 0 Å². The summed E-state index contributed by atoms with van der Waals surface area (Å²) >= 11 is 0. The second-order valence-corrected chi connectivity index (χ2v) is 5.71. The van der Waals surface area contributed by atoms with Crippen LogP contribution in [0.4, 0.5) is 11.6 Å². The highest BCUT2D eigenvalue weighted by Crippen LogP contribution is 2.19. The molecule has 3 N–H and O–H groups in total. The van der Waals surface area contributed by atoms with Gasteiger partial charge >= 0.3 is 0 Å². The zero-order chi connectivity index (χ0) is 14.0. The minimum Gasteiger partial charge on any atom is -0.381 e. The van der Waals surface area contributed by atoms with Crippen molar-refractivity contribution in [2.24, 2.45) is 0 Å². The molecule has 0 unspecified atom stereocenters. The van der Waals surface area contributed by atoms with Gasteiger partial charge in [0.1, 0.15) is 10.7 Å². The van der Waals surface area contributed by atoms with Crippen LogP contribution in [0.15, 0.2) is 29.4 Å². The molecule has 7 nitrogen and oxygen atoms in total. The van der Waals surface area contributed by atoms with Crippen LogP contribution in [0.5, 0.6) is 0 Å². The fourth-order valence-corrected chi connectivity index (χ4v) is 2.59. The van der Waals surface area contributed by atoms with Crippen LogP contribution >= 0.6 is 0 Å². The molecule has 0 amide bonds. The smallest absolute Gasteiger partial charge is 0.268 e. The monoisotopic (exact) mass is 281 g/mol. The average Bonchev–Trinajstić information content (AvgIpc) is 2.74. The molecule has 0 aliphatic heterocycles. The molecule has 19 heavy (non-hydrogen) atoms. The van der Waals surface area contributed by atoms with E-state index in [1.807, 2.05) is 13.8 Å². The highest BCUT2D eigenvalue weighted by molar-refractivity contribution is 7.92. The van der Waals surface area contributed by atoms with E-state index in [4.69, 9.17) is 5.73 Å². The Labute approximate surface area is 111 Å². The lowest BCUT2D eigenvalue weighted by molar-refractivity contribution is 0.600. The van der Waals surface area contributed by atoms with Crippen LogP contribution in [-0.4, -0.2) is 23.2 Å². The van der Waals surface area contributed by atoms with Crippen molar-refractivity contribution in [3.63, 3.8) is 0 Å². The largest absolute Gasteiger partial charge is 0.381 e. The number of nitrogens with two attached hydrogens (primary N) is 1. The highest BCUT2D eigenvalue weighted by Gasteiger charge is 2.21. The van der Waals surface area contributed by atoms with Crippen molar-refractivity contribution in [1.82, 2.24) is 14.8 Å². The number of aromatic nitrogens is 3. The molecule has 0 aliphatic rings. The Kier molecular flexibility index (Phi) is 3.43. The van der Waals surface area contributed by atoms with Gasteiger partial charge in [-0.25, -0.2) is 13.4 Å². The number of hydrogen-bond donors (Lipinski definition) is 2. The zero-order valence-corrected chi connectivity index (χ0v) is 11.5. The van der Waals surface area contributed by atoms with Crippen molar-refractivity contribution in [3.05, 3.63) is 30.1 Å². The summed E-state index contributed by atoms with van der Waals surface area (Å²) in [4.78, 5) is 3.94. The second-order valence-electron chi connectivity index (χ2n) is 4.06. The number of pyridine rings is 1. The van der Waals surface area contributed by atoms with Gasteiger partial charge in [0.05, 0.1) is 0 Å². The van der Waals surface area contributed by atoms with E-state index in [0.29, 0.717) is 6.54 Å². The summed E-state index contributed by atoms with van der Waals surface area (Å²) in [6, 6.07) is 3.36. The van der Waals surface area contributed by atoms with Crippen LogP contribution in [0, 0.1) is 6.92 Å². The Bertz CT molecular complexity index is 676. The van der Waals surface area contributed by atoms with Gasteiger partial charge in [-0.1, -0.05) is 6.07 Å². The number of rotatable bonds is 4. The van der Waals surface area contributed by atoms with Gasteiger partial charge in [-0.2, -0.15) is 5.10 Å². The number of hydrogen-bond acceptors (Lipinski definition) is 5. The lowest BCUT2D eigenvalue weighted by atomic mass is 10.3. The van der Waals surface area contributed by atoms with E-state index in [-0.39, 0.29) is 16.5 Å². The van der Waals surface area contributed by atoms with E-state index in [1.165, 1.54) is 10.9 Å². The Morgan fingerprint density at radius 3 is 2.68 bits per heavy atom. The zero-order valence-electron chi connectivity index (χ0n) is 10.7. The van der Waals surface area contributed by atoms with Gasteiger partial charge in [-0.3, -0.25) is 9.40 Å². The Morgan fingerprint density at radius 2 is 2.16 bits per heavy atom. The SMILES string of the molecule is CCn1cc(S(=O)(=O)Nc2ccc(C)cn2)c(N)n1. The summed E-state index contributed by atoms with van der Waals surface area (Å²) < 4.78 is 28.1. The summed E-state index contributed by atoms with van der Waals surface area (Å²) in [6.07, 6.45) is 2.97. The summed E-state index contributed by atoms with van der Waals surface area (Å²) in [6.45, 7) is 4.26. The minimum absolute atomic E-state index is 0.0264. The molecule has 0 aromatic carbocycles. The summed E-state index contributed by atoms with van der Waals surface area (Å²) in [5.74, 6) is 0.218. The minimum atomic E-state index is -3.77. The van der Waals surface area contributed by atoms with Crippen molar-refractivity contribution in [3.8, 4) is 0 Å². The maximum Gasteiger partial charge on any atom is 0.268 e. The third-order valence-corrected chi connectivity index (χ3v) is 3.89. The first-order chi connectivity index (χ1) is 8.92. The molecule has 2 aromatic rings. The molecule has 102 valence electrons. The molecule has 0 aliphatic carbocycles. The third kappa shape index (κ3) is 2.84. The molecule has 2 aromatic heterocycles. The molecular formula is C11H15N5O2S. The fraction of sp³-hybridized carbons (Fsp3) is 0.273. The van der Waals surface area contributed by atoms with Crippen molar-refractivity contribution < 1.29 is 8.42 Å². The van der Waals surface area contributed by atoms with E-state index >= 15 is 0 Å². The van der Waals surface area contributed by atoms with Crippen molar-refractivity contribution in [2.45, 2.75) is 25.3 Å². The molecule has 2 heterocycles. The summed E-state index contributed by atoms with van der Waals surface area (Å²) in [5, 5.41) is 3.91. The number of nitrogens with zero attached hydrogens (tertiary/aromatic N) is 3. The third-order valence-electron chi connectivity index (χ3n) is 2.52. The second kappa shape index (κ2) is 4.88. The van der Waals surface area contributed by atoms with Crippen LogP contribution in [-0.2, 0) is 16.6 Å². The lowest BCUT2D eigenvalue weighted by Gasteiger charge is -2.05. The Hall–Kier alpha value is -2.09. The van der Waals surface area contributed by atoms with Gasteiger partial charge in [0.15, 0.2) is 5.82 Å². The van der Waals surface area contributed by atoms with Gasteiger partial charge < -0.3 is 5.73 Å². The molecule has 0 spiro atoms. The molecule has 0 atom stereocenters. The van der Waals surface area contributed by atoms with Crippen LogP contribution < -0.4 is 10.5 Å². The summed E-state index contributed by atoms with van der Waals surface area (Å²) in [5.41, 5.74) is 6.55. The number of nitrogens with one attached hydrogen (secondary N) is 1. The van der Waals surface area contributed by atoms with Crippen molar-refractivity contribution in [2.75, 3.05) is 10.5 Å². The first kappa shape index (κ1) is 13.3. The molecule has 0 saturated carbocycles. The molecule has 8 heteroatoms. The average molecular weight is 281 g/mol. The number of sulfonamides is 1. The van der Waals surface area contributed by atoms with Gasteiger partial charge in [0.25, 0.3) is 10.0 Å². The van der Waals surface area contributed by atoms with Crippen molar-refractivity contribution >= 4 is 21.7 Å². The first-order valence-electron chi connectivity index (χ1n) is 5.71. The predicted octanol–water partition coefficient (Wildman–Crippen LogP) is 0.989. The topological polar surface area (TPSA) is 103 Å². The van der Waals surface area contributed by atoms with Crippen LogP contribution in [0.25, 0.3) is 0 Å². The number of aryl methyl sites for hydroxylation is 2. The quantitative estimate of drug-likeness (QED) is 0.870. The molecule has 2 rings (SSSR count). The molecular weight excluding hydrogens is 266 g/mol. The van der Waals surface area contributed by atoms with E-state index in [0.717, 1.165) is 5.56 Å². The predicted molar refractivity (Wildman–Crippen MR) is 72.1 cm³/mol. The van der Waals surface area contributed by atoms with Crippen LogP contribution in [0.1, 0.15) is 12.5 Å². The van der Waals surface area contributed by atoms with Crippen molar-refractivity contribution in [1.29, 1.82) is 0 Å². The summed E-state index contributed by atoms with van der Waals surface area (Å²) in [7, 11) is -3.77. The maximum absolute atomic E-state index is 12.2. The first-order valence-corrected chi connectivity index (χ1v) is 7.19. The fourth-order valence-electron chi connectivity index (χ4n) is 1.51. The molecule has 0 bridgehead atoms. The van der Waals surface area contributed by atoms with E-state index in [9.17, 15) is 8.42 Å². The van der Waals surface area contributed by atoms with Gasteiger partial charge in [0, 0.05) is 18.9 Å². The van der Waals surface area contributed by atoms with Gasteiger partial charge in [-0.05, 0) is 25.5 Å². The van der Waals surface area contributed by atoms with Gasteiger partial charge in [0.2, 0.25) is 0 Å². The Morgan fingerprint density at radius 1 is 1.42 bits per heavy atom. The maximum atomic E-state index is 12.2. The normalized spacial score (nSPS) is 11.5. The van der Waals surface area contributed by atoms with E-state index < -0.39 is 10.0 Å². The lowest BCUT2D eigenvalue weighted by Crippen LogP contribution is -2.14. The number of nitrogen functional groups attached to an aromatic ring is 1. The molecule has 0 saturated heterocycles. The van der Waals surface area contributed by atoms with Crippen LogP contribution in [0.2, 0.25) is 0 Å². The van der Waals surface area contributed by atoms with Gasteiger partial charge in [-0.15, -0.1) is 0 Å². The standard InChI is InChI=1S/C11H15N5O2S/c1-3-16-7-9(11(12)14-16)19(17,18)15-10-5-4-8(2)6-13-10/h4-7H,3H2,1-2H3,(H2,12,14)(H,13,15). The highest BCUT2D eigenvalue weighted by atomic mass is 32.2. The van der Waals surface area contributed by atoms with E-state index in [2.05, 4.69) is 14.8 Å². The number of anilines is 2. The Balaban J connectivity index is 2.31. The molecule has 0 fully saturated rings. The molecule has 0 radical (unpaired) electrons. The van der Waals surface area contributed by atoms with E-state index in [1.54, 1.807) is 18.3 Å².